The van der Waals surface area contributed by atoms with Gasteiger partial charge in [0, 0.05) is 11.0 Å². The van der Waals surface area contributed by atoms with Crippen molar-refractivity contribution in [3.63, 3.8) is 0 Å². The first-order valence-corrected chi connectivity index (χ1v) is 6.11. The molecule has 2 N–H and O–H groups in total. The standard InChI is InChI=1S/C10H21NO3S/c1-5-11-10(3,9(13)14-4)7-15-8(2)6-12/h8,11-12H,5-7H2,1-4H3. The van der Waals surface area contributed by atoms with Crippen LogP contribution in [0.3, 0.4) is 0 Å². The zero-order chi connectivity index (χ0) is 11.9. The molecular weight excluding hydrogens is 214 g/mol. The minimum Gasteiger partial charge on any atom is -0.468 e. The van der Waals surface area contributed by atoms with E-state index in [1.807, 2.05) is 20.8 Å². The Hall–Kier alpha value is -0.260. The maximum Gasteiger partial charge on any atom is 0.326 e. The Bertz CT molecular complexity index is 201. The number of ether oxygens (including phenoxy) is 1. The van der Waals surface area contributed by atoms with Crippen molar-refractivity contribution in [3.8, 4) is 0 Å². The Kier molecular flexibility index (Phi) is 6.96. The first kappa shape index (κ1) is 14.7. The van der Waals surface area contributed by atoms with Gasteiger partial charge in [-0.15, -0.1) is 0 Å². The number of thioether (sulfide) groups is 1. The molecule has 5 heteroatoms. The van der Waals surface area contributed by atoms with Gasteiger partial charge in [-0.2, -0.15) is 11.8 Å². The van der Waals surface area contributed by atoms with Crippen LogP contribution in [0.2, 0.25) is 0 Å². The first-order chi connectivity index (χ1) is 7.00. The van der Waals surface area contributed by atoms with Crippen molar-refractivity contribution in [3.05, 3.63) is 0 Å². The van der Waals surface area contributed by atoms with Crippen LogP contribution in [0.5, 0.6) is 0 Å². The quantitative estimate of drug-likeness (QED) is 0.634. The number of aliphatic hydroxyl groups is 1. The van der Waals surface area contributed by atoms with Crippen LogP contribution in [0, 0.1) is 0 Å². The van der Waals surface area contributed by atoms with E-state index >= 15 is 0 Å². The molecule has 0 aliphatic heterocycles. The average molecular weight is 235 g/mol. The molecule has 0 aliphatic carbocycles. The number of rotatable bonds is 7. The fourth-order valence-corrected chi connectivity index (χ4v) is 2.10. The van der Waals surface area contributed by atoms with Gasteiger partial charge in [-0.3, -0.25) is 4.79 Å². The number of carbonyl (C=O) groups excluding carboxylic acids is 1. The number of methoxy groups -OCH3 is 1. The van der Waals surface area contributed by atoms with Crippen molar-refractivity contribution in [1.29, 1.82) is 0 Å². The van der Waals surface area contributed by atoms with E-state index in [9.17, 15) is 4.79 Å². The van der Waals surface area contributed by atoms with E-state index in [0.29, 0.717) is 12.3 Å². The number of aliphatic hydroxyl groups excluding tert-OH is 1. The van der Waals surface area contributed by atoms with Crippen molar-refractivity contribution < 1.29 is 14.6 Å². The molecule has 0 rings (SSSR count). The lowest BCUT2D eigenvalue weighted by atomic mass is 10.1. The molecular formula is C10H21NO3S. The Balaban J connectivity index is 4.31. The van der Waals surface area contributed by atoms with Gasteiger partial charge in [0.05, 0.1) is 13.7 Å². The summed E-state index contributed by atoms with van der Waals surface area (Å²) < 4.78 is 4.76. The topological polar surface area (TPSA) is 58.6 Å². The maximum atomic E-state index is 11.6. The number of carbonyl (C=O) groups is 1. The van der Waals surface area contributed by atoms with Crippen molar-refractivity contribution in [2.24, 2.45) is 0 Å². The van der Waals surface area contributed by atoms with Crippen molar-refractivity contribution >= 4 is 17.7 Å². The van der Waals surface area contributed by atoms with Crippen LogP contribution in [0.15, 0.2) is 0 Å². The van der Waals surface area contributed by atoms with E-state index in [2.05, 4.69) is 5.32 Å². The molecule has 0 spiro atoms. The summed E-state index contributed by atoms with van der Waals surface area (Å²) in [6.07, 6.45) is 0. The van der Waals surface area contributed by atoms with Gasteiger partial charge in [-0.05, 0) is 13.5 Å². The Morgan fingerprint density at radius 2 is 2.27 bits per heavy atom. The van der Waals surface area contributed by atoms with Gasteiger partial charge < -0.3 is 15.2 Å². The third-order valence-electron chi connectivity index (χ3n) is 2.12. The second kappa shape index (κ2) is 7.09. The summed E-state index contributed by atoms with van der Waals surface area (Å²) >= 11 is 1.55. The third kappa shape index (κ3) is 4.86. The zero-order valence-corrected chi connectivity index (χ0v) is 10.7. The second-order valence-corrected chi connectivity index (χ2v) is 5.08. The molecule has 2 unspecified atom stereocenters. The van der Waals surface area contributed by atoms with E-state index in [0.717, 1.165) is 0 Å². The Morgan fingerprint density at radius 1 is 1.67 bits per heavy atom. The number of hydrogen-bond acceptors (Lipinski definition) is 5. The number of esters is 1. The minimum absolute atomic E-state index is 0.119. The molecule has 0 aromatic heterocycles. The van der Waals surface area contributed by atoms with Gasteiger partial charge in [0.2, 0.25) is 0 Å². The predicted molar refractivity (Wildman–Crippen MR) is 63.1 cm³/mol. The molecule has 0 radical (unpaired) electrons. The van der Waals surface area contributed by atoms with Crippen LogP contribution in [-0.4, -0.2) is 47.9 Å². The fourth-order valence-electron chi connectivity index (χ4n) is 1.16. The Labute approximate surface area is 95.8 Å². The van der Waals surface area contributed by atoms with E-state index in [1.165, 1.54) is 7.11 Å². The molecule has 0 saturated heterocycles. The molecule has 2 atom stereocenters. The highest BCUT2D eigenvalue weighted by molar-refractivity contribution is 8.00. The van der Waals surface area contributed by atoms with Crippen LogP contribution >= 0.6 is 11.8 Å². The number of nitrogens with one attached hydrogen (secondary N) is 1. The molecule has 90 valence electrons. The number of hydrogen-bond donors (Lipinski definition) is 2. The summed E-state index contributed by atoms with van der Waals surface area (Å²) in [7, 11) is 1.39. The van der Waals surface area contributed by atoms with E-state index in [4.69, 9.17) is 9.84 Å². The lowest BCUT2D eigenvalue weighted by Crippen LogP contribution is -2.52. The fraction of sp³-hybridized carbons (Fsp3) is 0.900. The molecule has 0 bridgehead atoms. The lowest BCUT2D eigenvalue weighted by Gasteiger charge is -2.28. The molecule has 15 heavy (non-hydrogen) atoms. The molecule has 0 heterocycles. The molecule has 4 nitrogen and oxygen atoms in total. The molecule has 0 aliphatic rings. The predicted octanol–water partition coefficient (Wildman–Crippen LogP) is 0.642. The van der Waals surface area contributed by atoms with Crippen LogP contribution in [0.25, 0.3) is 0 Å². The van der Waals surface area contributed by atoms with Crippen molar-refractivity contribution in [2.75, 3.05) is 26.0 Å². The van der Waals surface area contributed by atoms with E-state index in [-0.39, 0.29) is 17.8 Å². The summed E-state index contributed by atoms with van der Waals surface area (Å²) in [6, 6.07) is 0. The average Bonchev–Trinajstić information content (AvgIpc) is 2.25. The molecule has 0 aromatic rings. The maximum absolute atomic E-state index is 11.6. The van der Waals surface area contributed by atoms with Gasteiger partial charge in [0.1, 0.15) is 5.54 Å². The molecule has 0 saturated carbocycles. The van der Waals surface area contributed by atoms with Crippen LogP contribution in [0.4, 0.5) is 0 Å². The largest absolute Gasteiger partial charge is 0.468 e. The van der Waals surface area contributed by atoms with E-state index < -0.39 is 5.54 Å². The van der Waals surface area contributed by atoms with Gasteiger partial charge >= 0.3 is 5.97 Å². The van der Waals surface area contributed by atoms with Crippen molar-refractivity contribution in [1.82, 2.24) is 5.32 Å². The second-order valence-electron chi connectivity index (χ2n) is 3.66. The summed E-state index contributed by atoms with van der Waals surface area (Å²) in [5.74, 6) is 0.330. The van der Waals surface area contributed by atoms with Crippen molar-refractivity contribution in [2.45, 2.75) is 31.6 Å². The summed E-state index contributed by atoms with van der Waals surface area (Å²) in [4.78, 5) is 11.6. The van der Waals surface area contributed by atoms with E-state index in [1.54, 1.807) is 11.8 Å². The number of likely N-dealkylation sites (N-methyl/N-ethyl adjacent to an activating group) is 1. The summed E-state index contributed by atoms with van der Waals surface area (Å²) in [5.41, 5.74) is -0.669. The van der Waals surface area contributed by atoms with Crippen LogP contribution < -0.4 is 5.32 Å². The molecule has 0 fully saturated rings. The van der Waals surface area contributed by atoms with Gasteiger partial charge in [0.25, 0.3) is 0 Å². The highest BCUT2D eigenvalue weighted by Gasteiger charge is 2.33. The Morgan fingerprint density at radius 3 is 2.67 bits per heavy atom. The summed E-state index contributed by atoms with van der Waals surface area (Å²) in [6.45, 7) is 6.52. The minimum atomic E-state index is -0.669. The molecule has 0 amide bonds. The van der Waals surface area contributed by atoms with Gasteiger partial charge in [-0.25, -0.2) is 0 Å². The van der Waals surface area contributed by atoms with Gasteiger partial charge in [0.15, 0.2) is 0 Å². The zero-order valence-electron chi connectivity index (χ0n) is 9.87. The molecule has 0 aromatic carbocycles. The third-order valence-corrected chi connectivity index (χ3v) is 3.58. The lowest BCUT2D eigenvalue weighted by molar-refractivity contribution is -0.146. The van der Waals surface area contributed by atoms with Gasteiger partial charge in [-0.1, -0.05) is 13.8 Å². The van der Waals surface area contributed by atoms with Crippen LogP contribution in [0.1, 0.15) is 20.8 Å². The first-order valence-electron chi connectivity index (χ1n) is 5.06. The summed E-state index contributed by atoms with van der Waals surface area (Å²) in [5, 5.41) is 12.1. The van der Waals surface area contributed by atoms with Crippen LogP contribution in [-0.2, 0) is 9.53 Å². The SMILES string of the molecule is CCNC(C)(CSC(C)CO)C(=O)OC. The highest BCUT2D eigenvalue weighted by atomic mass is 32.2. The highest BCUT2D eigenvalue weighted by Crippen LogP contribution is 2.18. The normalized spacial score (nSPS) is 16.9. The smallest absolute Gasteiger partial charge is 0.326 e. The monoisotopic (exact) mass is 235 g/mol.